The normalized spacial score (nSPS) is 26.4. The van der Waals surface area contributed by atoms with Crippen LogP contribution < -0.4 is 9.80 Å². The first-order valence-corrected chi connectivity index (χ1v) is 14.3. The highest BCUT2D eigenvalue weighted by Crippen LogP contribution is 2.39. The van der Waals surface area contributed by atoms with Crippen molar-refractivity contribution in [2.24, 2.45) is 11.8 Å². The minimum atomic E-state index is -3.07. The predicted octanol–water partition coefficient (Wildman–Crippen LogP) is 2.85. The molecule has 2 aromatic carbocycles. The van der Waals surface area contributed by atoms with Crippen LogP contribution in [0.2, 0.25) is 0 Å². The van der Waals surface area contributed by atoms with Crippen molar-refractivity contribution < 1.29 is 36.3 Å². The lowest BCUT2D eigenvalue weighted by Crippen LogP contribution is -2.38. The van der Waals surface area contributed by atoms with Gasteiger partial charge in [0.2, 0.25) is 0 Å². The molecule has 2 aromatic rings. The number of cyclic esters (lactones) is 1. The fraction of sp³-hybridized carbons (Fsp3) is 0.423. The van der Waals surface area contributed by atoms with Gasteiger partial charge >= 0.3 is 6.09 Å². The summed E-state index contributed by atoms with van der Waals surface area (Å²) in [5.74, 6) is -2.37. The lowest BCUT2D eigenvalue weighted by molar-refractivity contribution is 0.0558. The van der Waals surface area contributed by atoms with Crippen LogP contribution in [0.5, 0.6) is 0 Å². The quantitative estimate of drug-likeness (QED) is 0.545. The fourth-order valence-electron chi connectivity index (χ4n) is 5.99. The summed E-state index contributed by atoms with van der Waals surface area (Å²) in [6, 6.07) is 8.55. The Hall–Kier alpha value is -3.54. The van der Waals surface area contributed by atoms with E-state index >= 15 is 8.78 Å². The summed E-state index contributed by atoms with van der Waals surface area (Å²) in [4.78, 5) is 41.6. The summed E-state index contributed by atoms with van der Waals surface area (Å²) >= 11 is 0. The highest BCUT2D eigenvalue weighted by atomic mass is 32.2. The first-order chi connectivity index (χ1) is 18.1. The molecule has 0 N–H and O–H groups in total. The molecule has 4 heterocycles. The molecular weight excluding hydrogens is 520 g/mol. The Morgan fingerprint density at radius 2 is 1.42 bits per heavy atom. The number of amides is 3. The Bertz CT molecular complexity index is 1380. The summed E-state index contributed by atoms with van der Waals surface area (Å²) in [6.45, 7) is 0.458. The Balaban J connectivity index is 1.16. The lowest BCUT2D eigenvalue weighted by atomic mass is 9.92. The first kappa shape index (κ1) is 24.8. The molecule has 12 heteroatoms. The van der Waals surface area contributed by atoms with Crippen LogP contribution in [0, 0.1) is 23.5 Å². The zero-order valence-electron chi connectivity index (χ0n) is 20.3. The number of anilines is 2. The third kappa shape index (κ3) is 4.20. The second-order valence-corrected chi connectivity index (χ2v) is 12.6. The van der Waals surface area contributed by atoms with Gasteiger partial charge in [0.25, 0.3) is 11.8 Å². The summed E-state index contributed by atoms with van der Waals surface area (Å²) in [7, 11) is -3.07. The average Bonchev–Trinajstić information content (AvgIpc) is 3.49. The van der Waals surface area contributed by atoms with Gasteiger partial charge in [0, 0.05) is 25.2 Å². The van der Waals surface area contributed by atoms with Gasteiger partial charge < -0.3 is 9.64 Å². The molecule has 2 unspecified atom stereocenters. The molecule has 4 aliphatic rings. The third-order valence-corrected chi connectivity index (χ3v) is 9.66. The second kappa shape index (κ2) is 9.04. The maximum atomic E-state index is 15.2. The number of sulfone groups is 1. The van der Waals surface area contributed by atoms with Crippen LogP contribution in [0.1, 0.15) is 33.6 Å². The smallest absolute Gasteiger partial charge is 0.414 e. The average molecular weight is 546 g/mol. The molecule has 6 rings (SSSR count). The number of carbonyl (C=O) groups is 3. The number of hydrogen-bond donors (Lipinski definition) is 0. The summed E-state index contributed by atoms with van der Waals surface area (Å²) in [5.41, 5.74) is 0.327. The zero-order valence-corrected chi connectivity index (χ0v) is 21.1. The monoisotopic (exact) mass is 545 g/mol. The number of benzene rings is 2. The Kier molecular flexibility index (Phi) is 5.89. The van der Waals surface area contributed by atoms with E-state index < -0.39 is 45.5 Å². The Morgan fingerprint density at radius 1 is 0.868 bits per heavy atom. The minimum absolute atomic E-state index is 0.0295. The van der Waals surface area contributed by atoms with Gasteiger partial charge in [0.15, 0.2) is 11.6 Å². The molecule has 0 radical (unpaired) electrons. The molecule has 0 bridgehead atoms. The number of rotatable bonds is 4. The molecule has 0 aliphatic carbocycles. The zero-order chi connectivity index (χ0) is 26.8. The van der Waals surface area contributed by atoms with E-state index in [1.54, 1.807) is 29.2 Å². The molecule has 38 heavy (non-hydrogen) atoms. The number of hydrogen-bond acceptors (Lipinski definition) is 7. The van der Waals surface area contributed by atoms with Crippen LogP contribution in [0.4, 0.5) is 25.0 Å². The van der Waals surface area contributed by atoms with Gasteiger partial charge in [-0.3, -0.25) is 19.4 Å². The second-order valence-electron chi connectivity index (χ2n) is 10.3. The standard InChI is InChI=1S/C26H25F2N3O6S/c27-21-9-17(10-22(28)23(21)29-11-15-5-7-38(35,36)8-6-16(15)12-29)30-13-18(37-26(30)34)14-31-24(32)19-3-1-2-4-20(19)25(31)33/h1-4,9-10,15-16,18H,5-8,11-14H2/t15?,16?,18-/m1/s1. The molecule has 3 fully saturated rings. The fourth-order valence-corrected chi connectivity index (χ4v) is 7.51. The van der Waals surface area contributed by atoms with Crippen molar-refractivity contribution in [3.63, 3.8) is 0 Å². The minimum Gasteiger partial charge on any atom is -0.442 e. The van der Waals surface area contributed by atoms with Gasteiger partial charge in [0.1, 0.15) is 21.6 Å². The van der Waals surface area contributed by atoms with Gasteiger partial charge in [0.05, 0.1) is 41.4 Å². The van der Waals surface area contributed by atoms with Crippen LogP contribution >= 0.6 is 0 Å². The number of nitrogens with zero attached hydrogens (tertiary/aromatic N) is 3. The van der Waals surface area contributed by atoms with Crippen LogP contribution in [0.3, 0.4) is 0 Å². The van der Waals surface area contributed by atoms with E-state index in [-0.39, 0.29) is 58.9 Å². The maximum Gasteiger partial charge on any atom is 0.414 e. The van der Waals surface area contributed by atoms with E-state index in [0.29, 0.717) is 25.9 Å². The van der Waals surface area contributed by atoms with E-state index in [2.05, 4.69) is 0 Å². The largest absolute Gasteiger partial charge is 0.442 e. The van der Waals surface area contributed by atoms with Crippen LogP contribution in [-0.2, 0) is 14.6 Å². The molecule has 0 saturated carbocycles. The number of fused-ring (bicyclic) bond motifs is 2. The summed E-state index contributed by atoms with van der Waals surface area (Å²) in [5, 5.41) is 0. The van der Waals surface area contributed by atoms with Crippen molar-refractivity contribution in [1.82, 2.24) is 4.90 Å². The molecule has 3 amide bonds. The summed E-state index contributed by atoms with van der Waals surface area (Å²) in [6.07, 6.45) is -0.752. The topological polar surface area (TPSA) is 104 Å². The molecule has 0 spiro atoms. The van der Waals surface area contributed by atoms with Gasteiger partial charge in [-0.25, -0.2) is 22.0 Å². The molecule has 0 aromatic heterocycles. The third-order valence-electron chi connectivity index (χ3n) is 7.94. The van der Waals surface area contributed by atoms with Crippen molar-refractivity contribution in [2.45, 2.75) is 18.9 Å². The van der Waals surface area contributed by atoms with Gasteiger partial charge in [-0.2, -0.15) is 0 Å². The molecule has 9 nitrogen and oxygen atoms in total. The highest BCUT2D eigenvalue weighted by molar-refractivity contribution is 7.91. The molecule has 3 saturated heterocycles. The van der Waals surface area contributed by atoms with E-state index in [0.717, 1.165) is 21.9 Å². The van der Waals surface area contributed by atoms with Crippen molar-refractivity contribution in [3.05, 3.63) is 59.2 Å². The predicted molar refractivity (Wildman–Crippen MR) is 133 cm³/mol. The summed E-state index contributed by atoms with van der Waals surface area (Å²) < 4.78 is 59.7. The van der Waals surface area contributed by atoms with E-state index in [1.165, 1.54) is 0 Å². The van der Waals surface area contributed by atoms with E-state index in [4.69, 9.17) is 4.74 Å². The molecule has 200 valence electrons. The van der Waals surface area contributed by atoms with Gasteiger partial charge in [-0.1, -0.05) is 12.1 Å². The van der Waals surface area contributed by atoms with E-state index in [9.17, 15) is 22.8 Å². The SMILES string of the molecule is O=C1c2ccccc2C(=O)N1C[C@H]1CN(c2cc(F)c(N3CC4CCS(=O)(=O)CCC4C3)c(F)c2)C(=O)O1. The van der Waals surface area contributed by atoms with Gasteiger partial charge in [-0.15, -0.1) is 0 Å². The van der Waals surface area contributed by atoms with Crippen LogP contribution in [0.15, 0.2) is 36.4 Å². The maximum absolute atomic E-state index is 15.2. The Morgan fingerprint density at radius 3 is 1.97 bits per heavy atom. The van der Waals surface area contributed by atoms with Crippen LogP contribution in [0.25, 0.3) is 0 Å². The number of imide groups is 1. The van der Waals surface area contributed by atoms with Crippen molar-refractivity contribution in [2.75, 3.05) is 47.5 Å². The number of halogens is 2. The number of ether oxygens (including phenoxy) is 1. The van der Waals surface area contributed by atoms with Crippen molar-refractivity contribution >= 4 is 39.1 Å². The first-order valence-electron chi connectivity index (χ1n) is 12.5. The Labute approximate surface area is 217 Å². The molecular formula is C26H25F2N3O6S. The molecule has 4 aliphatic heterocycles. The van der Waals surface area contributed by atoms with E-state index in [1.807, 2.05) is 0 Å². The van der Waals surface area contributed by atoms with Gasteiger partial charge in [-0.05, 0) is 36.8 Å². The van der Waals surface area contributed by atoms with Crippen molar-refractivity contribution in [3.8, 4) is 0 Å². The lowest BCUT2D eigenvalue weighted by Gasteiger charge is -2.22. The number of carbonyl (C=O) groups excluding carboxylic acids is 3. The van der Waals surface area contributed by atoms with Crippen molar-refractivity contribution in [1.29, 1.82) is 0 Å². The highest BCUT2D eigenvalue weighted by Gasteiger charge is 2.42. The van der Waals surface area contributed by atoms with Crippen LogP contribution in [-0.4, -0.2) is 75.0 Å². The molecule has 3 atom stereocenters.